The molecular formula is C18H18F6N5O5PS. The summed E-state index contributed by atoms with van der Waals surface area (Å²) >= 11 is 1.16. The molecule has 3 N–H and O–H groups in total. The Hall–Kier alpha value is -2.59. The van der Waals surface area contributed by atoms with Crippen LogP contribution >= 0.6 is 19.6 Å². The molecule has 0 saturated heterocycles. The molecular weight excluding hydrogens is 543 g/mol. The third-order valence-electron chi connectivity index (χ3n) is 4.05. The van der Waals surface area contributed by atoms with Crippen molar-refractivity contribution in [1.29, 1.82) is 0 Å². The molecule has 2 heterocycles. The predicted molar refractivity (Wildman–Crippen MR) is 114 cm³/mol. The second-order valence-corrected chi connectivity index (χ2v) is 9.74. The summed E-state index contributed by atoms with van der Waals surface area (Å²) in [5.41, 5.74) is 6.42. The Balaban J connectivity index is 1.67. The molecule has 0 aliphatic rings. The van der Waals surface area contributed by atoms with Crippen molar-refractivity contribution in [3.8, 4) is 5.75 Å². The molecule has 198 valence electrons. The van der Waals surface area contributed by atoms with E-state index in [0.717, 1.165) is 11.8 Å². The summed E-state index contributed by atoms with van der Waals surface area (Å²) in [5.74, 6) is -0.0479. The summed E-state index contributed by atoms with van der Waals surface area (Å²) < 4.78 is 101. The molecule has 18 heteroatoms. The number of nitrogens with zero attached hydrogens (tertiary/aromatic N) is 4. The monoisotopic (exact) mass is 561 g/mol. The van der Waals surface area contributed by atoms with Gasteiger partial charge in [-0.05, 0) is 24.6 Å². The quantitative estimate of drug-likeness (QED) is 0.144. The molecule has 0 saturated carbocycles. The lowest BCUT2D eigenvalue weighted by Gasteiger charge is -2.19. The van der Waals surface area contributed by atoms with Crippen LogP contribution in [0.15, 0.2) is 40.5 Å². The first-order valence-electron chi connectivity index (χ1n) is 9.85. The molecule has 1 aromatic carbocycles. The van der Waals surface area contributed by atoms with Crippen molar-refractivity contribution in [1.82, 2.24) is 19.5 Å². The number of hydrogen-bond acceptors (Lipinski definition) is 10. The number of hydrogen-bond donors (Lipinski definition) is 2. The number of aromatic nitrogens is 4. The van der Waals surface area contributed by atoms with Gasteiger partial charge in [0.2, 0.25) is 5.95 Å². The maximum Gasteiger partial charge on any atom is 0.475 e. The number of phenols is 1. The Kier molecular flexibility index (Phi) is 8.71. The number of fused-ring (bicyclic) bond motifs is 1. The minimum absolute atomic E-state index is 0.0412. The van der Waals surface area contributed by atoms with E-state index in [2.05, 4.69) is 28.5 Å². The Morgan fingerprint density at radius 3 is 2.33 bits per heavy atom. The number of imidazole rings is 1. The second-order valence-electron chi connectivity index (χ2n) is 7.01. The van der Waals surface area contributed by atoms with Crippen molar-refractivity contribution in [2.24, 2.45) is 0 Å². The number of aromatic hydroxyl groups is 1. The Morgan fingerprint density at radius 2 is 1.72 bits per heavy atom. The van der Waals surface area contributed by atoms with Crippen LogP contribution in [0.2, 0.25) is 0 Å². The fourth-order valence-corrected chi connectivity index (χ4v) is 4.77. The number of phosphoric ester groups is 1. The zero-order valence-corrected chi connectivity index (χ0v) is 19.7. The molecule has 0 radical (unpaired) electrons. The van der Waals surface area contributed by atoms with Crippen LogP contribution in [0, 0.1) is 0 Å². The molecule has 0 amide bonds. The van der Waals surface area contributed by atoms with Gasteiger partial charge >= 0.3 is 20.2 Å². The van der Waals surface area contributed by atoms with Crippen LogP contribution in [-0.2, 0) is 24.7 Å². The minimum Gasteiger partial charge on any atom is -0.508 e. The van der Waals surface area contributed by atoms with E-state index in [4.69, 9.17) is 5.73 Å². The lowest BCUT2D eigenvalue weighted by atomic mass is 10.3. The van der Waals surface area contributed by atoms with Gasteiger partial charge in [-0.2, -0.15) is 31.3 Å². The highest BCUT2D eigenvalue weighted by molar-refractivity contribution is 7.99. The van der Waals surface area contributed by atoms with Gasteiger partial charge in [0.25, 0.3) is 0 Å². The average molecular weight is 561 g/mol. The number of halogens is 6. The highest BCUT2D eigenvalue weighted by Crippen LogP contribution is 2.51. The van der Waals surface area contributed by atoms with Crippen molar-refractivity contribution in [3.63, 3.8) is 0 Å². The number of benzene rings is 1. The second kappa shape index (κ2) is 11.2. The van der Waals surface area contributed by atoms with E-state index in [0.29, 0.717) is 15.4 Å². The summed E-state index contributed by atoms with van der Waals surface area (Å²) in [6.07, 6.45) is -8.61. The largest absolute Gasteiger partial charge is 0.508 e. The maximum atomic E-state index is 12.4. The number of phosphoric acid groups is 1. The van der Waals surface area contributed by atoms with Crippen molar-refractivity contribution in [2.45, 2.75) is 35.2 Å². The van der Waals surface area contributed by atoms with Crippen molar-refractivity contribution in [2.75, 3.05) is 25.6 Å². The van der Waals surface area contributed by atoms with Gasteiger partial charge in [-0.1, -0.05) is 17.8 Å². The van der Waals surface area contributed by atoms with E-state index in [9.17, 15) is 36.0 Å². The fourth-order valence-electron chi connectivity index (χ4n) is 2.66. The molecule has 0 atom stereocenters. The third-order valence-corrected chi connectivity index (χ3v) is 6.40. The molecule has 36 heavy (non-hydrogen) atoms. The average Bonchev–Trinajstić information content (AvgIpc) is 3.16. The van der Waals surface area contributed by atoms with Crippen LogP contribution in [0.4, 0.5) is 32.3 Å². The molecule has 0 unspecified atom stereocenters. The van der Waals surface area contributed by atoms with Crippen LogP contribution in [0.25, 0.3) is 11.2 Å². The molecule has 3 aromatic rings. The minimum atomic E-state index is -5.16. The van der Waals surface area contributed by atoms with E-state index in [1.54, 1.807) is 12.1 Å². The maximum absolute atomic E-state index is 12.4. The first-order chi connectivity index (χ1) is 16.7. The zero-order chi connectivity index (χ0) is 26.6. The lowest BCUT2D eigenvalue weighted by Crippen LogP contribution is -2.20. The molecule has 10 nitrogen and oxygen atoms in total. The number of phenolic OH excluding ortho intramolecular Hbond substituents is 1. The van der Waals surface area contributed by atoms with E-state index in [-0.39, 0.29) is 30.3 Å². The Morgan fingerprint density at radius 1 is 1.06 bits per heavy atom. The smallest absolute Gasteiger partial charge is 0.475 e. The summed E-state index contributed by atoms with van der Waals surface area (Å²) in [4.78, 5) is 13.1. The number of anilines is 1. The summed E-state index contributed by atoms with van der Waals surface area (Å²) in [5, 5.41) is 10.0. The van der Waals surface area contributed by atoms with Gasteiger partial charge in [0.1, 0.15) is 16.3 Å². The van der Waals surface area contributed by atoms with Gasteiger partial charge in [0.15, 0.2) is 18.9 Å². The van der Waals surface area contributed by atoms with Crippen LogP contribution in [-0.4, -0.2) is 56.8 Å². The first-order valence-corrected chi connectivity index (χ1v) is 12.1. The van der Waals surface area contributed by atoms with Crippen LogP contribution < -0.4 is 5.73 Å². The highest BCUT2D eigenvalue weighted by Gasteiger charge is 2.39. The number of nitrogens with two attached hydrogens (primary N) is 1. The number of alkyl halides is 6. The van der Waals surface area contributed by atoms with Crippen LogP contribution in [0.1, 0.15) is 6.42 Å². The Bertz CT molecular complexity index is 1220. The predicted octanol–water partition coefficient (Wildman–Crippen LogP) is 4.94. The zero-order valence-electron chi connectivity index (χ0n) is 18.0. The molecule has 2 aromatic heterocycles. The van der Waals surface area contributed by atoms with Gasteiger partial charge in [0.05, 0.1) is 12.9 Å². The topological polar surface area (TPSA) is 135 Å². The van der Waals surface area contributed by atoms with Gasteiger partial charge in [0, 0.05) is 11.4 Å². The number of aryl methyl sites for hydroxylation is 1. The molecule has 0 aliphatic heterocycles. The van der Waals surface area contributed by atoms with Crippen LogP contribution in [0.5, 0.6) is 5.75 Å². The molecule has 3 rings (SSSR count). The van der Waals surface area contributed by atoms with E-state index in [1.807, 2.05) is 0 Å². The number of nitrogen functional groups attached to an aromatic ring is 1. The molecule has 0 bridgehead atoms. The lowest BCUT2D eigenvalue weighted by molar-refractivity contribution is -0.170. The summed E-state index contributed by atoms with van der Waals surface area (Å²) in [7, 11) is -5.16. The highest BCUT2D eigenvalue weighted by atomic mass is 32.2. The van der Waals surface area contributed by atoms with Crippen molar-refractivity contribution < 1.29 is 49.6 Å². The van der Waals surface area contributed by atoms with Crippen LogP contribution in [0.3, 0.4) is 0 Å². The van der Waals surface area contributed by atoms with Crippen molar-refractivity contribution in [3.05, 3.63) is 30.6 Å². The third kappa shape index (κ3) is 8.51. The molecule has 0 aliphatic carbocycles. The molecule has 0 fully saturated rings. The van der Waals surface area contributed by atoms with Gasteiger partial charge in [-0.3, -0.25) is 13.6 Å². The van der Waals surface area contributed by atoms with Gasteiger partial charge in [-0.25, -0.2) is 14.5 Å². The van der Waals surface area contributed by atoms with E-state index >= 15 is 0 Å². The molecule has 0 spiro atoms. The van der Waals surface area contributed by atoms with Gasteiger partial charge < -0.3 is 15.4 Å². The summed E-state index contributed by atoms with van der Waals surface area (Å²) in [6, 6.07) is 6.35. The summed E-state index contributed by atoms with van der Waals surface area (Å²) in [6.45, 7) is -4.76. The SMILES string of the molecule is Nc1nc(Sc2cccc(O)c2)c2ncn(CCCOP(=O)(OCC(F)(F)F)OCC(F)(F)F)c2n1. The standard InChI is InChI=1S/C18H18F6N5O5PS/c19-17(20,21)8-33-35(31,34-9-18(22,23)24)32-6-2-5-29-10-26-13-14(29)27-16(25)28-15(13)36-12-4-1-3-11(30)7-12/h1,3-4,7,10,30H,2,5-6,8-9H2,(H2,25,27,28). The van der Waals surface area contributed by atoms with Crippen molar-refractivity contribution >= 4 is 36.7 Å². The Labute approximate surface area is 203 Å². The first kappa shape index (κ1) is 28.0. The van der Waals surface area contributed by atoms with E-state index < -0.39 is 40.0 Å². The van der Waals surface area contributed by atoms with Gasteiger partial charge in [-0.15, -0.1) is 0 Å². The van der Waals surface area contributed by atoms with E-state index in [1.165, 1.54) is 23.0 Å². The normalized spacial score (nSPS) is 12.9. The number of rotatable bonds is 11. The fraction of sp³-hybridized carbons (Fsp3) is 0.389.